The Morgan fingerprint density at radius 3 is 1.93 bits per heavy atom. The summed E-state index contributed by atoms with van der Waals surface area (Å²) in [5.74, 6) is 0.915. The van der Waals surface area contributed by atoms with Gasteiger partial charge in [0.1, 0.15) is 12.4 Å². The molecule has 0 aliphatic rings. The van der Waals surface area contributed by atoms with Crippen LogP contribution in [-0.2, 0) is 20.0 Å². The predicted octanol–water partition coefficient (Wildman–Crippen LogP) is 1.07. The lowest BCUT2D eigenvalue weighted by molar-refractivity contribution is 0.327. The summed E-state index contributed by atoms with van der Waals surface area (Å²) in [5, 5.41) is 0. The number of sulfonamides is 2. The van der Waals surface area contributed by atoms with E-state index in [1.54, 1.807) is 0 Å². The fraction of sp³-hybridized carbons (Fsp3) is 0.533. The van der Waals surface area contributed by atoms with Crippen LogP contribution < -0.4 is 14.2 Å². The monoisotopic (exact) mass is 534 g/mol. The van der Waals surface area contributed by atoms with E-state index >= 15 is 0 Å². The maximum atomic E-state index is 11.7. The van der Waals surface area contributed by atoms with Crippen molar-refractivity contribution in [2.45, 2.75) is 13.8 Å². The molecule has 9 nitrogen and oxygen atoms in total. The van der Waals surface area contributed by atoms with Crippen LogP contribution in [0, 0.1) is 0 Å². The van der Waals surface area contributed by atoms with Gasteiger partial charge in [0.2, 0.25) is 20.0 Å². The third kappa shape index (κ3) is 8.09. The van der Waals surface area contributed by atoms with Crippen LogP contribution in [0.4, 0.5) is 5.69 Å². The average Bonchev–Trinajstić information content (AvgIpc) is 2.51. The van der Waals surface area contributed by atoms with Gasteiger partial charge in [0.05, 0.1) is 24.7 Å². The van der Waals surface area contributed by atoms with Crippen molar-refractivity contribution < 1.29 is 21.6 Å². The van der Waals surface area contributed by atoms with E-state index in [0.29, 0.717) is 22.0 Å². The molecule has 0 amide bonds. The number of halogens is 1. The van der Waals surface area contributed by atoms with Crippen LogP contribution in [0.25, 0.3) is 0 Å². The van der Waals surface area contributed by atoms with Gasteiger partial charge in [-0.2, -0.15) is 3.71 Å². The zero-order valence-corrected chi connectivity index (χ0v) is 19.8. The number of hydrogen-bond acceptors (Lipinski definition) is 6. The van der Waals surface area contributed by atoms with Crippen LogP contribution in [0.15, 0.2) is 29.3 Å². The van der Waals surface area contributed by atoms with Crippen molar-refractivity contribution in [3.63, 3.8) is 0 Å². The van der Waals surface area contributed by atoms with E-state index in [-0.39, 0.29) is 36.3 Å². The number of rotatable bonds is 9. The third-order valence-electron chi connectivity index (χ3n) is 3.37. The second kappa shape index (κ2) is 10.9. The molecule has 0 fully saturated rings. The second-order valence-electron chi connectivity index (χ2n) is 5.48. The molecule has 2 N–H and O–H groups in total. The molecule has 0 heterocycles. The first-order valence-corrected chi connectivity index (χ1v) is 11.7. The minimum absolute atomic E-state index is 0. The van der Waals surface area contributed by atoms with Crippen molar-refractivity contribution >= 4 is 55.7 Å². The summed E-state index contributed by atoms with van der Waals surface area (Å²) < 4.78 is 52.8. The zero-order valence-electron chi connectivity index (χ0n) is 15.8. The van der Waals surface area contributed by atoms with Gasteiger partial charge in [-0.15, -0.1) is 24.0 Å². The molecule has 1 aromatic rings. The fourth-order valence-corrected chi connectivity index (χ4v) is 5.24. The molecule has 0 spiro atoms. The van der Waals surface area contributed by atoms with Gasteiger partial charge in [-0.3, -0.25) is 0 Å². The summed E-state index contributed by atoms with van der Waals surface area (Å²) in [4.78, 5) is 6.14. The molecule has 12 heteroatoms. The number of aliphatic imine (C=N–C) groups is 1. The largest absolute Gasteiger partial charge is 0.492 e. The molecule has 0 atom stereocenters. The van der Waals surface area contributed by atoms with Gasteiger partial charge >= 0.3 is 0 Å². The fourth-order valence-electron chi connectivity index (χ4n) is 2.26. The van der Waals surface area contributed by atoms with Crippen LogP contribution in [0.5, 0.6) is 5.75 Å². The summed E-state index contributed by atoms with van der Waals surface area (Å²) in [6, 6.07) is 5.72. The molecular weight excluding hydrogens is 507 g/mol. The molecule has 0 bridgehead atoms. The molecule has 0 saturated heterocycles. The van der Waals surface area contributed by atoms with Gasteiger partial charge in [-0.25, -0.2) is 21.8 Å². The van der Waals surface area contributed by atoms with Gasteiger partial charge < -0.3 is 15.4 Å². The van der Waals surface area contributed by atoms with Crippen LogP contribution in [0.3, 0.4) is 0 Å². The lowest BCUT2D eigenvalue weighted by Crippen LogP contribution is -2.37. The zero-order chi connectivity index (χ0) is 20.0. The maximum Gasteiger partial charge on any atom is 0.245 e. The maximum absolute atomic E-state index is 11.7. The average molecular weight is 534 g/mol. The SMILES string of the molecule is CCN(CC)C(N)=NCCOc1ccc(N(S(C)(=O)=O)S(C)(=O)=O)cc1.I. The highest BCUT2D eigenvalue weighted by Crippen LogP contribution is 2.23. The number of guanidine groups is 1. The predicted molar refractivity (Wildman–Crippen MR) is 119 cm³/mol. The Morgan fingerprint density at radius 2 is 1.52 bits per heavy atom. The van der Waals surface area contributed by atoms with E-state index in [1.165, 1.54) is 24.3 Å². The van der Waals surface area contributed by atoms with Crippen LogP contribution in [0.2, 0.25) is 0 Å². The molecule has 0 aliphatic carbocycles. The van der Waals surface area contributed by atoms with E-state index < -0.39 is 20.0 Å². The van der Waals surface area contributed by atoms with E-state index in [1.807, 2.05) is 18.7 Å². The van der Waals surface area contributed by atoms with E-state index in [9.17, 15) is 16.8 Å². The lowest BCUT2D eigenvalue weighted by Gasteiger charge is -2.20. The minimum atomic E-state index is -3.96. The quantitative estimate of drug-likeness (QED) is 0.218. The highest BCUT2D eigenvalue weighted by atomic mass is 127. The Balaban J connectivity index is 0.00000676. The highest BCUT2D eigenvalue weighted by molar-refractivity contribution is 14.0. The molecule has 27 heavy (non-hydrogen) atoms. The molecule has 0 radical (unpaired) electrons. The number of hydrogen-bond donors (Lipinski definition) is 1. The molecule has 0 aliphatic heterocycles. The number of benzene rings is 1. The Morgan fingerprint density at radius 1 is 1.04 bits per heavy atom. The van der Waals surface area contributed by atoms with Crippen molar-refractivity contribution in [2.75, 3.05) is 42.5 Å². The Kier molecular flexibility index (Phi) is 10.4. The first kappa shape index (κ1) is 25.7. The van der Waals surface area contributed by atoms with Crippen molar-refractivity contribution in [3.8, 4) is 5.75 Å². The van der Waals surface area contributed by atoms with E-state index in [4.69, 9.17) is 10.5 Å². The Labute approximate surface area is 178 Å². The summed E-state index contributed by atoms with van der Waals surface area (Å²) in [6.45, 7) is 6.16. The Bertz CT molecular complexity index is 790. The molecular formula is C15H27IN4O5S2. The van der Waals surface area contributed by atoms with Gasteiger partial charge in [0, 0.05) is 13.1 Å². The third-order valence-corrected chi connectivity index (χ3v) is 6.62. The van der Waals surface area contributed by atoms with E-state index in [2.05, 4.69) is 4.99 Å². The summed E-state index contributed by atoms with van der Waals surface area (Å²) in [5.41, 5.74) is 5.87. The molecule has 1 rings (SSSR count). The second-order valence-corrected chi connectivity index (χ2v) is 9.37. The normalized spacial score (nSPS) is 12.2. The first-order valence-electron chi connectivity index (χ1n) is 7.98. The summed E-state index contributed by atoms with van der Waals surface area (Å²) in [6.07, 6.45) is 1.66. The smallest absolute Gasteiger partial charge is 0.245 e. The number of nitrogens with two attached hydrogens (primary N) is 1. The molecule has 156 valence electrons. The summed E-state index contributed by atoms with van der Waals surface area (Å²) in [7, 11) is -7.93. The lowest BCUT2D eigenvalue weighted by atomic mass is 10.3. The standard InChI is InChI=1S/C15H26N4O5S2.HI/c1-5-18(6-2)15(16)17-11-12-24-14-9-7-13(8-10-14)19(25(3,20)21)26(4,22)23;/h7-10H,5-6,11-12H2,1-4H3,(H2,16,17);1H. The molecule has 0 unspecified atom stereocenters. The first-order chi connectivity index (χ1) is 12.0. The number of nitrogens with zero attached hydrogens (tertiary/aromatic N) is 3. The minimum Gasteiger partial charge on any atom is -0.492 e. The van der Waals surface area contributed by atoms with Crippen LogP contribution in [0.1, 0.15) is 13.8 Å². The van der Waals surface area contributed by atoms with Gasteiger partial charge in [0.25, 0.3) is 0 Å². The van der Waals surface area contributed by atoms with Crippen molar-refractivity contribution in [1.29, 1.82) is 0 Å². The van der Waals surface area contributed by atoms with Gasteiger partial charge in [0.15, 0.2) is 5.96 Å². The topological polar surface area (TPSA) is 122 Å². The summed E-state index contributed by atoms with van der Waals surface area (Å²) >= 11 is 0. The van der Waals surface area contributed by atoms with Crippen LogP contribution in [-0.4, -0.2) is 66.4 Å². The molecule has 0 saturated carbocycles. The Hall–Kier alpha value is -1.28. The van der Waals surface area contributed by atoms with Crippen LogP contribution >= 0.6 is 24.0 Å². The van der Waals surface area contributed by atoms with Crippen molar-refractivity contribution in [1.82, 2.24) is 4.90 Å². The highest BCUT2D eigenvalue weighted by Gasteiger charge is 2.27. The number of anilines is 1. The number of ether oxygens (including phenoxy) is 1. The van der Waals surface area contributed by atoms with Gasteiger partial charge in [-0.05, 0) is 38.1 Å². The van der Waals surface area contributed by atoms with Gasteiger partial charge in [-0.1, -0.05) is 0 Å². The molecule has 1 aromatic carbocycles. The van der Waals surface area contributed by atoms with Crippen molar-refractivity contribution in [3.05, 3.63) is 24.3 Å². The van der Waals surface area contributed by atoms with E-state index in [0.717, 1.165) is 25.6 Å². The van der Waals surface area contributed by atoms with Crippen molar-refractivity contribution in [2.24, 2.45) is 10.7 Å². The molecule has 0 aromatic heterocycles.